The fourth-order valence-corrected chi connectivity index (χ4v) is 1.13. The number of hydrogen-bond acceptors (Lipinski definition) is 3. The quantitative estimate of drug-likeness (QED) is 0.608. The molecule has 0 aromatic carbocycles. The molecule has 0 fully saturated rings. The molecule has 0 radical (unpaired) electrons. The molecule has 82 valence electrons. The normalized spacial score (nSPS) is 10.9. The molecule has 0 saturated carbocycles. The standard InChI is InChI=1S/C10H20N2O2/c1-9(10(13)14)8-12(4)7-5-6-11(2)3/h1,5-8H2,2-4H3,(H,13,14). The molecule has 4 heteroatoms. The fourth-order valence-electron chi connectivity index (χ4n) is 1.13. The van der Waals surface area contributed by atoms with Gasteiger partial charge in [0.05, 0.1) is 0 Å². The topological polar surface area (TPSA) is 43.8 Å². The smallest absolute Gasteiger partial charge is 0.332 e. The lowest BCUT2D eigenvalue weighted by atomic mass is 10.3. The number of likely N-dealkylation sites (N-methyl/N-ethyl adjacent to an activating group) is 1. The zero-order chi connectivity index (χ0) is 11.1. The molecule has 0 atom stereocenters. The van der Waals surface area contributed by atoms with Gasteiger partial charge in [0.1, 0.15) is 0 Å². The third kappa shape index (κ3) is 6.62. The second kappa shape index (κ2) is 6.56. The van der Waals surface area contributed by atoms with E-state index in [2.05, 4.69) is 11.5 Å². The molecule has 0 rings (SSSR count). The van der Waals surface area contributed by atoms with E-state index in [-0.39, 0.29) is 5.57 Å². The van der Waals surface area contributed by atoms with Crippen LogP contribution in [-0.2, 0) is 4.79 Å². The summed E-state index contributed by atoms with van der Waals surface area (Å²) in [6.45, 7) is 5.83. The molecule has 0 amide bonds. The molecule has 0 aliphatic carbocycles. The van der Waals surface area contributed by atoms with Crippen molar-refractivity contribution < 1.29 is 9.90 Å². The highest BCUT2D eigenvalue weighted by Crippen LogP contribution is 1.96. The van der Waals surface area contributed by atoms with Crippen molar-refractivity contribution >= 4 is 5.97 Å². The van der Waals surface area contributed by atoms with Crippen LogP contribution in [0.25, 0.3) is 0 Å². The van der Waals surface area contributed by atoms with Crippen molar-refractivity contribution in [3.63, 3.8) is 0 Å². The monoisotopic (exact) mass is 200 g/mol. The van der Waals surface area contributed by atoms with Crippen LogP contribution in [-0.4, -0.2) is 61.7 Å². The van der Waals surface area contributed by atoms with E-state index in [4.69, 9.17) is 5.11 Å². The molecular weight excluding hydrogens is 180 g/mol. The molecule has 0 spiro atoms. The molecule has 0 saturated heterocycles. The minimum Gasteiger partial charge on any atom is -0.478 e. The van der Waals surface area contributed by atoms with E-state index in [0.717, 1.165) is 19.5 Å². The number of nitrogens with zero attached hydrogens (tertiary/aromatic N) is 2. The van der Waals surface area contributed by atoms with E-state index in [1.165, 1.54) is 0 Å². The van der Waals surface area contributed by atoms with Crippen molar-refractivity contribution in [1.82, 2.24) is 9.80 Å². The number of carboxylic acid groups (broad SMARTS) is 1. The molecule has 0 aromatic heterocycles. The lowest BCUT2D eigenvalue weighted by Gasteiger charge is -2.17. The molecule has 0 aliphatic rings. The summed E-state index contributed by atoms with van der Waals surface area (Å²) in [6.07, 6.45) is 1.04. The van der Waals surface area contributed by atoms with Gasteiger partial charge in [-0.3, -0.25) is 0 Å². The van der Waals surface area contributed by atoms with Crippen molar-refractivity contribution in [2.24, 2.45) is 0 Å². The van der Waals surface area contributed by atoms with Crippen molar-refractivity contribution in [3.05, 3.63) is 12.2 Å². The van der Waals surface area contributed by atoms with Gasteiger partial charge >= 0.3 is 5.97 Å². The van der Waals surface area contributed by atoms with Gasteiger partial charge in [0.25, 0.3) is 0 Å². The van der Waals surface area contributed by atoms with E-state index in [1.54, 1.807) is 0 Å². The Labute approximate surface area is 85.8 Å². The summed E-state index contributed by atoms with van der Waals surface area (Å²) in [7, 11) is 5.95. The summed E-state index contributed by atoms with van der Waals surface area (Å²) in [5.41, 5.74) is 0.248. The first-order chi connectivity index (χ1) is 6.43. The van der Waals surface area contributed by atoms with Crippen LogP contribution in [0, 0.1) is 0 Å². The van der Waals surface area contributed by atoms with E-state index in [9.17, 15) is 4.79 Å². The first-order valence-corrected chi connectivity index (χ1v) is 4.68. The Morgan fingerprint density at radius 2 is 1.86 bits per heavy atom. The van der Waals surface area contributed by atoms with E-state index in [0.29, 0.717) is 6.54 Å². The third-order valence-corrected chi connectivity index (χ3v) is 1.91. The van der Waals surface area contributed by atoms with Crippen molar-refractivity contribution in [3.8, 4) is 0 Å². The largest absolute Gasteiger partial charge is 0.478 e. The van der Waals surface area contributed by atoms with E-state index in [1.807, 2.05) is 26.0 Å². The predicted molar refractivity (Wildman–Crippen MR) is 57.4 cm³/mol. The predicted octanol–water partition coefficient (Wildman–Crippen LogP) is 0.511. The lowest BCUT2D eigenvalue weighted by Crippen LogP contribution is -2.27. The second-order valence-corrected chi connectivity index (χ2v) is 3.80. The minimum absolute atomic E-state index is 0.248. The molecule has 0 aliphatic heterocycles. The number of aliphatic carboxylic acids is 1. The van der Waals surface area contributed by atoms with Crippen LogP contribution in [0.4, 0.5) is 0 Å². The number of rotatable bonds is 7. The highest BCUT2D eigenvalue weighted by Gasteiger charge is 2.07. The van der Waals surface area contributed by atoms with Crippen LogP contribution in [0.1, 0.15) is 6.42 Å². The maximum absolute atomic E-state index is 10.5. The van der Waals surface area contributed by atoms with E-state index >= 15 is 0 Å². The Morgan fingerprint density at radius 3 is 2.29 bits per heavy atom. The molecular formula is C10H20N2O2. The summed E-state index contributed by atoms with van der Waals surface area (Å²) in [5.74, 6) is -0.913. The summed E-state index contributed by atoms with van der Waals surface area (Å²) >= 11 is 0. The molecule has 0 aromatic rings. The summed E-state index contributed by atoms with van der Waals surface area (Å²) in [4.78, 5) is 14.6. The fraction of sp³-hybridized carbons (Fsp3) is 0.700. The molecule has 0 unspecified atom stereocenters. The van der Waals surface area contributed by atoms with Crippen LogP contribution in [0.3, 0.4) is 0 Å². The average molecular weight is 200 g/mol. The van der Waals surface area contributed by atoms with Crippen LogP contribution in [0.5, 0.6) is 0 Å². The lowest BCUT2D eigenvalue weighted by molar-refractivity contribution is -0.132. The molecule has 1 N–H and O–H groups in total. The number of carbonyl (C=O) groups is 1. The molecule has 0 bridgehead atoms. The highest BCUT2D eigenvalue weighted by molar-refractivity contribution is 5.86. The average Bonchev–Trinajstić information content (AvgIpc) is 2.02. The molecule has 14 heavy (non-hydrogen) atoms. The van der Waals surface area contributed by atoms with Gasteiger partial charge in [-0.1, -0.05) is 6.58 Å². The second-order valence-electron chi connectivity index (χ2n) is 3.80. The van der Waals surface area contributed by atoms with Gasteiger partial charge in [-0.05, 0) is 40.7 Å². The Morgan fingerprint density at radius 1 is 1.29 bits per heavy atom. The van der Waals surface area contributed by atoms with Gasteiger partial charge < -0.3 is 14.9 Å². The summed E-state index contributed by atoms with van der Waals surface area (Å²) in [5, 5.41) is 8.61. The SMILES string of the molecule is C=C(CN(C)CCCN(C)C)C(=O)O. The molecule has 4 nitrogen and oxygen atoms in total. The number of hydrogen-bond donors (Lipinski definition) is 1. The first-order valence-electron chi connectivity index (χ1n) is 4.68. The maximum atomic E-state index is 10.5. The van der Waals surface area contributed by atoms with Gasteiger partial charge in [0.15, 0.2) is 0 Å². The van der Waals surface area contributed by atoms with Crippen LogP contribution >= 0.6 is 0 Å². The van der Waals surface area contributed by atoms with Crippen molar-refractivity contribution in [1.29, 1.82) is 0 Å². The van der Waals surface area contributed by atoms with Gasteiger partial charge in [-0.25, -0.2) is 4.79 Å². The Kier molecular flexibility index (Phi) is 6.16. The Bertz CT molecular complexity index is 202. The Balaban J connectivity index is 3.60. The van der Waals surface area contributed by atoms with Gasteiger partial charge in [-0.2, -0.15) is 0 Å². The van der Waals surface area contributed by atoms with Crippen LogP contribution in [0.15, 0.2) is 12.2 Å². The van der Waals surface area contributed by atoms with Crippen molar-refractivity contribution in [2.45, 2.75) is 6.42 Å². The molecule has 0 heterocycles. The Hall–Kier alpha value is -0.870. The van der Waals surface area contributed by atoms with Gasteiger partial charge in [0.2, 0.25) is 0 Å². The van der Waals surface area contributed by atoms with Crippen LogP contribution < -0.4 is 0 Å². The third-order valence-electron chi connectivity index (χ3n) is 1.91. The zero-order valence-electron chi connectivity index (χ0n) is 9.29. The van der Waals surface area contributed by atoms with Gasteiger partial charge in [0, 0.05) is 12.1 Å². The van der Waals surface area contributed by atoms with Crippen LogP contribution in [0.2, 0.25) is 0 Å². The highest BCUT2D eigenvalue weighted by atomic mass is 16.4. The number of carboxylic acids is 1. The first kappa shape index (κ1) is 13.1. The van der Waals surface area contributed by atoms with Crippen molar-refractivity contribution in [2.75, 3.05) is 40.8 Å². The summed E-state index contributed by atoms with van der Waals surface area (Å²) < 4.78 is 0. The zero-order valence-corrected chi connectivity index (χ0v) is 9.29. The minimum atomic E-state index is -0.913. The summed E-state index contributed by atoms with van der Waals surface area (Å²) in [6, 6.07) is 0. The maximum Gasteiger partial charge on any atom is 0.332 e. The van der Waals surface area contributed by atoms with Gasteiger partial charge in [-0.15, -0.1) is 0 Å². The van der Waals surface area contributed by atoms with E-state index < -0.39 is 5.97 Å².